The SMILES string of the molecule is CC(C)CC(N)C(=O)N1CCCC1C(=O)NC(C)C(=O)NC(CC(=O)O)C(=O)O. The molecule has 0 saturated carbocycles. The summed E-state index contributed by atoms with van der Waals surface area (Å²) in [6.45, 7) is 5.62. The fourth-order valence-electron chi connectivity index (χ4n) is 3.17. The van der Waals surface area contributed by atoms with Crippen LogP contribution in [0.2, 0.25) is 0 Å². The van der Waals surface area contributed by atoms with Crippen LogP contribution < -0.4 is 16.4 Å². The average molecular weight is 414 g/mol. The highest BCUT2D eigenvalue weighted by atomic mass is 16.4. The number of hydrogen-bond donors (Lipinski definition) is 5. The molecule has 11 heteroatoms. The molecule has 0 aliphatic carbocycles. The Balaban J connectivity index is 2.70. The highest BCUT2D eigenvalue weighted by Crippen LogP contribution is 2.20. The standard InChI is InChI=1S/C18H30N4O7/c1-9(2)7-11(19)17(27)22-6-4-5-13(22)16(26)20-10(3)15(25)21-12(18(28)29)8-14(23)24/h9-13H,4-8,19H2,1-3H3,(H,20,26)(H,21,25)(H,23,24)(H,28,29). The Morgan fingerprint density at radius 2 is 1.72 bits per heavy atom. The molecule has 4 unspecified atom stereocenters. The van der Waals surface area contributed by atoms with E-state index in [1.54, 1.807) is 0 Å². The number of rotatable bonds is 10. The molecule has 1 fully saturated rings. The first kappa shape index (κ1) is 24.3. The number of likely N-dealkylation sites (tertiary alicyclic amines) is 1. The largest absolute Gasteiger partial charge is 0.481 e. The van der Waals surface area contributed by atoms with Crippen molar-refractivity contribution in [3.63, 3.8) is 0 Å². The first-order valence-electron chi connectivity index (χ1n) is 9.55. The van der Waals surface area contributed by atoms with Gasteiger partial charge in [-0.15, -0.1) is 0 Å². The Morgan fingerprint density at radius 3 is 2.24 bits per heavy atom. The highest BCUT2D eigenvalue weighted by Gasteiger charge is 2.37. The van der Waals surface area contributed by atoms with E-state index in [0.29, 0.717) is 25.8 Å². The molecule has 1 rings (SSSR count). The topological polar surface area (TPSA) is 179 Å². The third-order valence-electron chi connectivity index (χ3n) is 4.63. The average Bonchev–Trinajstić information content (AvgIpc) is 3.08. The fraction of sp³-hybridized carbons (Fsp3) is 0.722. The van der Waals surface area contributed by atoms with Gasteiger partial charge in [0.25, 0.3) is 0 Å². The van der Waals surface area contributed by atoms with Crippen LogP contribution in [0.3, 0.4) is 0 Å². The molecule has 0 aromatic heterocycles. The van der Waals surface area contributed by atoms with Gasteiger partial charge < -0.3 is 31.5 Å². The second-order valence-corrected chi connectivity index (χ2v) is 7.65. The van der Waals surface area contributed by atoms with Gasteiger partial charge in [0.05, 0.1) is 12.5 Å². The van der Waals surface area contributed by atoms with Crippen LogP contribution in [-0.2, 0) is 24.0 Å². The monoisotopic (exact) mass is 414 g/mol. The molecule has 164 valence electrons. The van der Waals surface area contributed by atoms with Gasteiger partial charge in [0.15, 0.2) is 0 Å². The molecule has 1 heterocycles. The molecule has 3 amide bonds. The molecular weight excluding hydrogens is 384 g/mol. The summed E-state index contributed by atoms with van der Waals surface area (Å²) in [4.78, 5) is 60.5. The Labute approximate surface area is 169 Å². The summed E-state index contributed by atoms with van der Waals surface area (Å²) in [5, 5.41) is 22.3. The molecule has 0 spiro atoms. The molecule has 0 radical (unpaired) electrons. The van der Waals surface area contributed by atoms with Gasteiger partial charge in [0.1, 0.15) is 18.1 Å². The van der Waals surface area contributed by atoms with Gasteiger partial charge in [-0.1, -0.05) is 13.8 Å². The van der Waals surface area contributed by atoms with Crippen molar-refractivity contribution < 1.29 is 34.2 Å². The highest BCUT2D eigenvalue weighted by molar-refractivity contribution is 5.94. The minimum atomic E-state index is -1.61. The number of amides is 3. The van der Waals surface area contributed by atoms with Crippen molar-refractivity contribution in [2.24, 2.45) is 11.7 Å². The van der Waals surface area contributed by atoms with E-state index in [4.69, 9.17) is 15.9 Å². The Bertz CT molecular complexity index is 652. The summed E-state index contributed by atoms with van der Waals surface area (Å²) in [5.74, 6) is -4.35. The van der Waals surface area contributed by atoms with Crippen LogP contribution >= 0.6 is 0 Å². The third-order valence-corrected chi connectivity index (χ3v) is 4.63. The molecule has 0 aromatic carbocycles. The third kappa shape index (κ3) is 7.33. The van der Waals surface area contributed by atoms with Crippen LogP contribution in [0.4, 0.5) is 0 Å². The van der Waals surface area contributed by atoms with Crippen molar-refractivity contribution >= 4 is 29.7 Å². The first-order valence-corrected chi connectivity index (χ1v) is 9.55. The summed E-state index contributed by atoms with van der Waals surface area (Å²) in [5.41, 5.74) is 5.94. The molecule has 1 aliphatic heterocycles. The van der Waals surface area contributed by atoms with E-state index in [1.165, 1.54) is 11.8 Å². The number of carbonyl (C=O) groups excluding carboxylic acids is 3. The lowest BCUT2D eigenvalue weighted by atomic mass is 10.0. The molecule has 1 saturated heterocycles. The number of nitrogens with two attached hydrogens (primary N) is 1. The Morgan fingerprint density at radius 1 is 1.10 bits per heavy atom. The predicted molar refractivity (Wildman–Crippen MR) is 102 cm³/mol. The van der Waals surface area contributed by atoms with Gasteiger partial charge in [0, 0.05) is 6.54 Å². The summed E-state index contributed by atoms with van der Waals surface area (Å²) < 4.78 is 0. The Kier molecular flexibility index (Phi) is 9.02. The number of nitrogens with zero attached hydrogens (tertiary/aromatic N) is 1. The lowest BCUT2D eigenvalue weighted by Gasteiger charge is -2.28. The van der Waals surface area contributed by atoms with Gasteiger partial charge in [-0.05, 0) is 32.1 Å². The number of carboxylic acids is 2. The molecule has 4 atom stereocenters. The maximum Gasteiger partial charge on any atom is 0.326 e. The molecule has 11 nitrogen and oxygen atoms in total. The summed E-state index contributed by atoms with van der Waals surface area (Å²) in [6, 6.07) is -4.19. The van der Waals surface area contributed by atoms with Crippen molar-refractivity contribution in [1.82, 2.24) is 15.5 Å². The second kappa shape index (κ2) is 10.7. The van der Waals surface area contributed by atoms with E-state index < -0.39 is 54.3 Å². The summed E-state index contributed by atoms with van der Waals surface area (Å²) >= 11 is 0. The predicted octanol–water partition coefficient (Wildman–Crippen LogP) is -1.10. The van der Waals surface area contributed by atoms with Crippen LogP contribution in [0.5, 0.6) is 0 Å². The maximum absolute atomic E-state index is 12.6. The normalized spacial score (nSPS) is 19.3. The van der Waals surface area contributed by atoms with Gasteiger partial charge in [-0.25, -0.2) is 4.79 Å². The summed E-state index contributed by atoms with van der Waals surface area (Å²) in [7, 11) is 0. The minimum Gasteiger partial charge on any atom is -0.481 e. The quantitative estimate of drug-likeness (QED) is 0.299. The van der Waals surface area contributed by atoms with Gasteiger partial charge in [0.2, 0.25) is 17.7 Å². The van der Waals surface area contributed by atoms with E-state index in [9.17, 15) is 24.0 Å². The van der Waals surface area contributed by atoms with Gasteiger partial charge in [-0.3, -0.25) is 19.2 Å². The van der Waals surface area contributed by atoms with Crippen LogP contribution in [0.1, 0.15) is 46.5 Å². The minimum absolute atomic E-state index is 0.223. The van der Waals surface area contributed by atoms with Crippen molar-refractivity contribution in [1.29, 1.82) is 0 Å². The molecular formula is C18H30N4O7. The van der Waals surface area contributed by atoms with E-state index in [0.717, 1.165) is 0 Å². The molecule has 6 N–H and O–H groups in total. The van der Waals surface area contributed by atoms with Crippen LogP contribution in [0.25, 0.3) is 0 Å². The second-order valence-electron chi connectivity index (χ2n) is 7.65. The zero-order valence-electron chi connectivity index (χ0n) is 16.9. The van der Waals surface area contributed by atoms with E-state index in [-0.39, 0.29) is 11.8 Å². The molecule has 1 aliphatic rings. The van der Waals surface area contributed by atoms with Crippen molar-refractivity contribution in [3.8, 4) is 0 Å². The molecule has 29 heavy (non-hydrogen) atoms. The number of aliphatic carboxylic acids is 2. The number of carbonyl (C=O) groups is 5. The van der Waals surface area contributed by atoms with E-state index in [2.05, 4.69) is 10.6 Å². The molecule has 0 aromatic rings. The van der Waals surface area contributed by atoms with Crippen molar-refractivity contribution in [2.75, 3.05) is 6.54 Å². The smallest absolute Gasteiger partial charge is 0.326 e. The number of nitrogens with one attached hydrogen (secondary N) is 2. The van der Waals surface area contributed by atoms with Crippen molar-refractivity contribution in [2.45, 2.75) is 70.6 Å². The van der Waals surface area contributed by atoms with Crippen molar-refractivity contribution in [3.05, 3.63) is 0 Å². The van der Waals surface area contributed by atoms with Crippen LogP contribution in [-0.4, -0.2) is 75.5 Å². The molecule has 0 bridgehead atoms. The van der Waals surface area contributed by atoms with Gasteiger partial charge in [-0.2, -0.15) is 0 Å². The van der Waals surface area contributed by atoms with Crippen LogP contribution in [0.15, 0.2) is 0 Å². The lowest BCUT2D eigenvalue weighted by molar-refractivity contribution is -0.147. The number of carboxylic acid groups (broad SMARTS) is 2. The van der Waals surface area contributed by atoms with Crippen LogP contribution in [0, 0.1) is 5.92 Å². The van der Waals surface area contributed by atoms with E-state index >= 15 is 0 Å². The Hall–Kier alpha value is -2.69. The lowest BCUT2D eigenvalue weighted by Crippen LogP contribution is -2.56. The zero-order valence-corrected chi connectivity index (χ0v) is 16.9. The zero-order chi connectivity index (χ0) is 22.3. The number of hydrogen-bond acceptors (Lipinski definition) is 6. The summed E-state index contributed by atoms with van der Waals surface area (Å²) in [6.07, 6.45) is 0.749. The fourth-order valence-corrected chi connectivity index (χ4v) is 3.17. The maximum atomic E-state index is 12.6. The first-order chi connectivity index (χ1) is 13.4. The van der Waals surface area contributed by atoms with E-state index in [1.807, 2.05) is 13.8 Å². The van der Waals surface area contributed by atoms with Gasteiger partial charge >= 0.3 is 11.9 Å².